The van der Waals surface area contributed by atoms with Gasteiger partial charge in [0, 0.05) is 36.1 Å². The molecular formula is C16H20N2O2. The number of carbonyl (C=O) groups is 1. The number of carbonyl (C=O) groups excluding carboxylic acids is 1. The number of aliphatic hydroxyl groups is 1. The quantitative estimate of drug-likeness (QED) is 0.869. The van der Waals surface area contributed by atoms with Gasteiger partial charge in [0.05, 0.1) is 13.0 Å². The van der Waals surface area contributed by atoms with E-state index in [0.29, 0.717) is 13.0 Å². The summed E-state index contributed by atoms with van der Waals surface area (Å²) in [5.74, 6) is 0.0288. The number of aryl methyl sites for hydroxylation is 1. The summed E-state index contributed by atoms with van der Waals surface area (Å²) in [6.45, 7) is 0.759. The van der Waals surface area contributed by atoms with Gasteiger partial charge in [-0.1, -0.05) is 18.2 Å². The van der Waals surface area contributed by atoms with Crippen LogP contribution in [-0.4, -0.2) is 28.7 Å². The molecule has 1 aromatic heterocycles. The lowest BCUT2D eigenvalue weighted by atomic mass is 10.1. The largest absolute Gasteiger partial charge is 0.396 e. The summed E-state index contributed by atoms with van der Waals surface area (Å²) >= 11 is 0. The molecule has 1 aliphatic rings. The minimum atomic E-state index is -0.0333. The molecule has 3 rings (SSSR count). The molecule has 1 saturated carbocycles. The van der Waals surface area contributed by atoms with Crippen molar-refractivity contribution in [1.82, 2.24) is 9.88 Å². The second-order valence-corrected chi connectivity index (χ2v) is 5.89. The van der Waals surface area contributed by atoms with Crippen molar-refractivity contribution < 1.29 is 9.90 Å². The van der Waals surface area contributed by atoms with E-state index in [-0.39, 0.29) is 17.9 Å². The van der Waals surface area contributed by atoms with Crippen molar-refractivity contribution in [1.29, 1.82) is 0 Å². The zero-order valence-electron chi connectivity index (χ0n) is 11.7. The van der Waals surface area contributed by atoms with Gasteiger partial charge in [0.2, 0.25) is 5.91 Å². The molecule has 0 radical (unpaired) electrons. The van der Waals surface area contributed by atoms with E-state index < -0.39 is 0 Å². The lowest BCUT2D eigenvalue weighted by Gasteiger charge is -2.12. The van der Waals surface area contributed by atoms with E-state index in [2.05, 4.69) is 11.4 Å². The molecule has 1 amide bonds. The van der Waals surface area contributed by atoms with Crippen molar-refractivity contribution in [2.75, 3.05) is 13.2 Å². The SMILES string of the molecule is Cn1cc(CC(=O)NCC2(CO)CC2)c2ccccc21. The van der Waals surface area contributed by atoms with Gasteiger partial charge >= 0.3 is 0 Å². The van der Waals surface area contributed by atoms with E-state index in [1.54, 1.807) is 0 Å². The summed E-state index contributed by atoms with van der Waals surface area (Å²) in [5, 5.41) is 13.3. The van der Waals surface area contributed by atoms with Crippen molar-refractivity contribution in [3.63, 3.8) is 0 Å². The van der Waals surface area contributed by atoms with Crippen molar-refractivity contribution in [2.45, 2.75) is 19.3 Å². The molecule has 106 valence electrons. The zero-order valence-corrected chi connectivity index (χ0v) is 11.7. The van der Waals surface area contributed by atoms with Crippen LogP contribution in [0.3, 0.4) is 0 Å². The van der Waals surface area contributed by atoms with Gasteiger partial charge in [-0.05, 0) is 24.5 Å². The van der Waals surface area contributed by atoms with Gasteiger partial charge < -0.3 is 15.0 Å². The predicted molar refractivity (Wildman–Crippen MR) is 78.4 cm³/mol. The average molecular weight is 272 g/mol. The van der Waals surface area contributed by atoms with Crippen LogP contribution in [0.15, 0.2) is 30.5 Å². The number of benzene rings is 1. The number of para-hydroxylation sites is 1. The molecule has 0 bridgehead atoms. The Morgan fingerprint density at radius 3 is 2.85 bits per heavy atom. The first-order valence-corrected chi connectivity index (χ1v) is 7.04. The van der Waals surface area contributed by atoms with Crippen LogP contribution < -0.4 is 5.32 Å². The van der Waals surface area contributed by atoms with Crippen LogP contribution in [0.25, 0.3) is 10.9 Å². The summed E-state index contributed by atoms with van der Waals surface area (Å²) in [6.07, 6.45) is 4.43. The third-order valence-electron chi connectivity index (χ3n) is 4.28. The maximum atomic E-state index is 12.1. The van der Waals surface area contributed by atoms with Gasteiger partial charge in [0.1, 0.15) is 0 Å². The third kappa shape index (κ3) is 2.43. The van der Waals surface area contributed by atoms with Gasteiger partial charge in [-0.25, -0.2) is 0 Å². The van der Waals surface area contributed by atoms with Gasteiger partial charge in [-0.2, -0.15) is 0 Å². The highest BCUT2D eigenvalue weighted by Gasteiger charge is 2.42. The Labute approximate surface area is 118 Å². The highest BCUT2D eigenvalue weighted by atomic mass is 16.3. The van der Waals surface area contributed by atoms with Gasteiger partial charge in [-0.3, -0.25) is 4.79 Å². The Bertz CT molecular complexity index is 641. The van der Waals surface area contributed by atoms with Crippen LogP contribution in [0.1, 0.15) is 18.4 Å². The van der Waals surface area contributed by atoms with Crippen molar-refractivity contribution in [3.8, 4) is 0 Å². The van der Waals surface area contributed by atoms with Crippen LogP contribution >= 0.6 is 0 Å². The fraction of sp³-hybridized carbons (Fsp3) is 0.438. The zero-order chi connectivity index (χ0) is 14.2. The Hall–Kier alpha value is -1.81. The molecule has 0 saturated heterocycles. The number of hydrogen-bond donors (Lipinski definition) is 2. The molecule has 20 heavy (non-hydrogen) atoms. The van der Waals surface area contributed by atoms with Crippen LogP contribution in [0, 0.1) is 5.41 Å². The number of fused-ring (bicyclic) bond motifs is 1. The minimum Gasteiger partial charge on any atom is -0.396 e. The standard InChI is InChI=1S/C16H20N2O2/c1-18-9-12(13-4-2-3-5-14(13)18)8-15(20)17-10-16(11-19)6-7-16/h2-5,9,19H,6-8,10-11H2,1H3,(H,17,20). The topological polar surface area (TPSA) is 54.3 Å². The molecule has 0 spiro atoms. The van der Waals surface area contributed by atoms with E-state index in [9.17, 15) is 9.90 Å². The number of nitrogens with zero attached hydrogens (tertiary/aromatic N) is 1. The van der Waals surface area contributed by atoms with E-state index in [0.717, 1.165) is 29.3 Å². The van der Waals surface area contributed by atoms with Crippen molar-refractivity contribution in [2.24, 2.45) is 12.5 Å². The first-order chi connectivity index (χ1) is 9.63. The summed E-state index contributed by atoms with van der Waals surface area (Å²) in [7, 11) is 1.99. The fourth-order valence-electron chi connectivity index (χ4n) is 2.66. The predicted octanol–water partition coefficient (Wildman–Crippen LogP) is 1.61. The Balaban J connectivity index is 1.68. The number of hydrogen-bond acceptors (Lipinski definition) is 2. The molecule has 1 aromatic carbocycles. The number of nitrogens with one attached hydrogen (secondary N) is 1. The molecule has 4 nitrogen and oxygen atoms in total. The second kappa shape index (κ2) is 4.94. The summed E-state index contributed by atoms with van der Waals surface area (Å²) < 4.78 is 2.05. The van der Waals surface area contributed by atoms with E-state index in [1.807, 2.05) is 36.0 Å². The summed E-state index contributed by atoms with van der Waals surface area (Å²) in [4.78, 5) is 12.1. The first-order valence-electron chi connectivity index (χ1n) is 7.04. The molecule has 0 unspecified atom stereocenters. The molecular weight excluding hydrogens is 252 g/mol. The highest BCUT2D eigenvalue weighted by molar-refractivity contribution is 5.89. The highest BCUT2D eigenvalue weighted by Crippen LogP contribution is 2.44. The molecule has 2 aromatic rings. The normalized spacial score (nSPS) is 16.3. The number of rotatable bonds is 5. The molecule has 2 N–H and O–H groups in total. The summed E-state index contributed by atoms with van der Waals surface area (Å²) in [5.41, 5.74) is 2.16. The average Bonchev–Trinajstić information content (AvgIpc) is 3.19. The number of aromatic nitrogens is 1. The lowest BCUT2D eigenvalue weighted by molar-refractivity contribution is -0.120. The monoisotopic (exact) mass is 272 g/mol. The summed E-state index contributed by atoms with van der Waals surface area (Å²) in [6, 6.07) is 8.11. The fourth-order valence-corrected chi connectivity index (χ4v) is 2.66. The lowest BCUT2D eigenvalue weighted by Crippen LogP contribution is -2.32. The minimum absolute atomic E-state index is 0.0288. The van der Waals surface area contributed by atoms with Crippen LogP contribution in [0.5, 0.6) is 0 Å². The molecule has 1 aliphatic carbocycles. The van der Waals surface area contributed by atoms with E-state index >= 15 is 0 Å². The van der Waals surface area contributed by atoms with E-state index in [1.165, 1.54) is 0 Å². The third-order valence-corrected chi connectivity index (χ3v) is 4.28. The molecule has 4 heteroatoms. The molecule has 0 atom stereocenters. The number of aliphatic hydroxyl groups excluding tert-OH is 1. The Morgan fingerprint density at radius 2 is 2.15 bits per heavy atom. The Kier molecular flexibility index (Phi) is 3.26. The maximum Gasteiger partial charge on any atom is 0.224 e. The van der Waals surface area contributed by atoms with E-state index in [4.69, 9.17) is 0 Å². The van der Waals surface area contributed by atoms with Crippen molar-refractivity contribution >= 4 is 16.8 Å². The van der Waals surface area contributed by atoms with Gasteiger partial charge in [0.25, 0.3) is 0 Å². The van der Waals surface area contributed by atoms with Gasteiger partial charge in [-0.15, -0.1) is 0 Å². The smallest absolute Gasteiger partial charge is 0.224 e. The molecule has 0 aliphatic heterocycles. The second-order valence-electron chi connectivity index (χ2n) is 5.89. The molecule has 1 heterocycles. The van der Waals surface area contributed by atoms with Crippen LogP contribution in [0.2, 0.25) is 0 Å². The Morgan fingerprint density at radius 1 is 1.40 bits per heavy atom. The van der Waals surface area contributed by atoms with Crippen molar-refractivity contribution in [3.05, 3.63) is 36.0 Å². The van der Waals surface area contributed by atoms with Crippen LogP contribution in [0.4, 0.5) is 0 Å². The first kappa shape index (κ1) is 13.2. The van der Waals surface area contributed by atoms with Crippen LogP contribution in [-0.2, 0) is 18.3 Å². The molecule has 1 fully saturated rings. The number of amides is 1. The maximum absolute atomic E-state index is 12.1. The van der Waals surface area contributed by atoms with Gasteiger partial charge in [0.15, 0.2) is 0 Å².